The van der Waals surface area contributed by atoms with Crippen LogP contribution >= 0.6 is 0 Å². The van der Waals surface area contributed by atoms with Crippen LogP contribution in [0.1, 0.15) is 18.9 Å². The smallest absolute Gasteiger partial charge is 0.317 e. The molecule has 0 radical (unpaired) electrons. The average Bonchev–Trinajstić information content (AvgIpc) is 2.33. The van der Waals surface area contributed by atoms with Crippen molar-refractivity contribution >= 4 is 6.01 Å². The van der Waals surface area contributed by atoms with Crippen molar-refractivity contribution in [3.05, 3.63) is 5.89 Å². The fourth-order valence-corrected chi connectivity index (χ4v) is 0.591. The molecule has 0 aromatic carbocycles. The maximum absolute atomic E-state index is 5.51. The number of hydrogen-bond acceptors (Lipinski definition) is 5. The zero-order valence-electron chi connectivity index (χ0n) is 6.90. The van der Waals surface area contributed by atoms with E-state index in [2.05, 4.69) is 10.2 Å². The normalized spacial score (nSPS) is 13.1. The molecule has 0 spiro atoms. The summed E-state index contributed by atoms with van der Waals surface area (Å²) in [6, 6.07) is 0.286. The van der Waals surface area contributed by atoms with Crippen LogP contribution in [0.25, 0.3) is 0 Å². The third-order valence-electron chi connectivity index (χ3n) is 1.20. The molecule has 0 saturated heterocycles. The SMILES string of the molecule is C[C@H](N)c1nnc(N(C)C)o1. The summed E-state index contributed by atoms with van der Waals surface area (Å²) in [4.78, 5) is 1.74. The molecule has 5 nitrogen and oxygen atoms in total. The highest BCUT2D eigenvalue weighted by Crippen LogP contribution is 2.12. The first-order valence-corrected chi connectivity index (χ1v) is 3.37. The van der Waals surface area contributed by atoms with Crippen LogP contribution in [0.3, 0.4) is 0 Å². The minimum absolute atomic E-state index is 0.198. The Morgan fingerprint density at radius 2 is 2.09 bits per heavy atom. The Morgan fingerprint density at radius 1 is 1.45 bits per heavy atom. The van der Waals surface area contributed by atoms with Gasteiger partial charge in [0.2, 0.25) is 5.89 Å². The van der Waals surface area contributed by atoms with Crippen LogP contribution < -0.4 is 10.6 Å². The van der Waals surface area contributed by atoms with Crippen LogP contribution in [0.5, 0.6) is 0 Å². The molecule has 1 heterocycles. The summed E-state index contributed by atoms with van der Waals surface area (Å²) in [5, 5.41) is 7.52. The van der Waals surface area contributed by atoms with Crippen molar-refractivity contribution in [3.8, 4) is 0 Å². The number of rotatable bonds is 2. The summed E-state index contributed by atoms with van der Waals surface area (Å²) in [5.74, 6) is 0.466. The first kappa shape index (κ1) is 8.00. The lowest BCUT2D eigenvalue weighted by Crippen LogP contribution is -2.08. The summed E-state index contributed by atoms with van der Waals surface area (Å²) >= 11 is 0. The van der Waals surface area contributed by atoms with E-state index in [9.17, 15) is 0 Å². The van der Waals surface area contributed by atoms with Gasteiger partial charge in [-0.1, -0.05) is 5.10 Å². The first-order valence-electron chi connectivity index (χ1n) is 3.37. The van der Waals surface area contributed by atoms with Crippen molar-refractivity contribution in [1.29, 1.82) is 0 Å². The molecule has 0 aliphatic heterocycles. The molecule has 0 aliphatic rings. The molecule has 1 rings (SSSR count). The molecule has 1 aromatic heterocycles. The second-order valence-electron chi connectivity index (χ2n) is 2.61. The third-order valence-corrected chi connectivity index (χ3v) is 1.20. The Hall–Kier alpha value is -1.10. The van der Waals surface area contributed by atoms with Gasteiger partial charge in [-0.25, -0.2) is 0 Å². The second kappa shape index (κ2) is 2.87. The zero-order chi connectivity index (χ0) is 8.43. The zero-order valence-corrected chi connectivity index (χ0v) is 6.90. The average molecular weight is 156 g/mol. The van der Waals surface area contributed by atoms with E-state index in [1.54, 1.807) is 11.8 Å². The molecule has 0 unspecified atom stereocenters. The van der Waals surface area contributed by atoms with Gasteiger partial charge in [-0.15, -0.1) is 5.10 Å². The van der Waals surface area contributed by atoms with Crippen molar-refractivity contribution < 1.29 is 4.42 Å². The molecule has 0 bridgehead atoms. The lowest BCUT2D eigenvalue weighted by Gasteiger charge is -2.03. The molecular formula is C6H12N4O. The van der Waals surface area contributed by atoms with Crippen molar-refractivity contribution in [2.24, 2.45) is 5.73 Å². The summed E-state index contributed by atoms with van der Waals surface area (Å²) in [7, 11) is 3.66. The van der Waals surface area contributed by atoms with Crippen molar-refractivity contribution in [1.82, 2.24) is 10.2 Å². The molecule has 11 heavy (non-hydrogen) atoms. The Balaban J connectivity index is 2.82. The monoisotopic (exact) mass is 156 g/mol. The van der Waals surface area contributed by atoms with Crippen LogP contribution in [0.4, 0.5) is 6.01 Å². The molecule has 5 heteroatoms. The summed E-state index contributed by atoms with van der Waals surface area (Å²) < 4.78 is 5.19. The Morgan fingerprint density at radius 3 is 2.36 bits per heavy atom. The first-order chi connectivity index (χ1) is 5.11. The topological polar surface area (TPSA) is 68.2 Å². The quantitative estimate of drug-likeness (QED) is 0.660. The van der Waals surface area contributed by atoms with Gasteiger partial charge < -0.3 is 15.1 Å². The van der Waals surface area contributed by atoms with E-state index in [0.29, 0.717) is 11.9 Å². The number of nitrogens with two attached hydrogens (primary N) is 1. The predicted molar refractivity (Wildman–Crippen MR) is 41.2 cm³/mol. The molecule has 62 valence electrons. The van der Waals surface area contributed by atoms with E-state index >= 15 is 0 Å². The van der Waals surface area contributed by atoms with Gasteiger partial charge in [-0.3, -0.25) is 0 Å². The van der Waals surface area contributed by atoms with Crippen LogP contribution in [0.15, 0.2) is 4.42 Å². The minimum Gasteiger partial charge on any atom is -0.406 e. The second-order valence-corrected chi connectivity index (χ2v) is 2.61. The van der Waals surface area contributed by atoms with Gasteiger partial charge in [0.05, 0.1) is 6.04 Å². The van der Waals surface area contributed by atoms with Crippen molar-refractivity contribution in [2.45, 2.75) is 13.0 Å². The number of nitrogens with zero attached hydrogens (tertiary/aromatic N) is 3. The van der Waals surface area contributed by atoms with E-state index in [-0.39, 0.29) is 6.04 Å². The molecule has 0 saturated carbocycles. The third kappa shape index (κ3) is 1.68. The van der Waals surface area contributed by atoms with Crippen LogP contribution in [-0.2, 0) is 0 Å². The largest absolute Gasteiger partial charge is 0.406 e. The molecule has 0 amide bonds. The molecule has 2 N–H and O–H groups in total. The Bertz CT molecular complexity index is 208. The van der Waals surface area contributed by atoms with Crippen LogP contribution in [-0.4, -0.2) is 24.3 Å². The molecule has 0 fully saturated rings. The summed E-state index contributed by atoms with van der Waals surface area (Å²) in [6.45, 7) is 1.80. The highest BCUT2D eigenvalue weighted by molar-refractivity contribution is 5.19. The van der Waals surface area contributed by atoms with Gasteiger partial charge >= 0.3 is 6.01 Å². The van der Waals surface area contributed by atoms with Gasteiger partial charge in [0.15, 0.2) is 0 Å². The number of anilines is 1. The Labute approximate surface area is 65.2 Å². The van der Waals surface area contributed by atoms with Crippen molar-refractivity contribution in [3.63, 3.8) is 0 Å². The highest BCUT2D eigenvalue weighted by Gasteiger charge is 2.09. The Kier molecular flexibility index (Phi) is 2.09. The molecule has 1 atom stereocenters. The van der Waals surface area contributed by atoms with Crippen LogP contribution in [0.2, 0.25) is 0 Å². The number of aromatic nitrogens is 2. The fraction of sp³-hybridized carbons (Fsp3) is 0.667. The van der Waals surface area contributed by atoms with Gasteiger partial charge in [0.1, 0.15) is 0 Å². The van der Waals surface area contributed by atoms with Crippen molar-refractivity contribution in [2.75, 3.05) is 19.0 Å². The minimum atomic E-state index is -0.198. The lowest BCUT2D eigenvalue weighted by molar-refractivity contribution is 0.465. The molecule has 1 aromatic rings. The van der Waals surface area contributed by atoms with Gasteiger partial charge in [0.25, 0.3) is 0 Å². The van der Waals surface area contributed by atoms with E-state index in [1.165, 1.54) is 0 Å². The summed E-state index contributed by atoms with van der Waals surface area (Å²) in [5.41, 5.74) is 5.51. The standard InChI is InChI=1S/C6H12N4O/c1-4(7)5-8-9-6(11-5)10(2)3/h4H,7H2,1-3H3/t4-/m0/s1. The molecule has 0 aliphatic carbocycles. The maximum atomic E-state index is 5.51. The van der Waals surface area contributed by atoms with Crippen LogP contribution in [0, 0.1) is 0 Å². The van der Waals surface area contributed by atoms with E-state index < -0.39 is 0 Å². The number of hydrogen-bond donors (Lipinski definition) is 1. The predicted octanol–water partition coefficient (Wildman–Crippen LogP) is 0.155. The van der Waals surface area contributed by atoms with E-state index in [0.717, 1.165) is 0 Å². The lowest BCUT2D eigenvalue weighted by atomic mass is 10.4. The van der Waals surface area contributed by atoms with Gasteiger partial charge in [-0.2, -0.15) is 0 Å². The molecular weight excluding hydrogens is 144 g/mol. The maximum Gasteiger partial charge on any atom is 0.317 e. The van der Waals surface area contributed by atoms with Gasteiger partial charge in [0, 0.05) is 14.1 Å². The van der Waals surface area contributed by atoms with E-state index in [4.69, 9.17) is 10.2 Å². The highest BCUT2D eigenvalue weighted by atomic mass is 16.4. The fourth-order valence-electron chi connectivity index (χ4n) is 0.591. The van der Waals surface area contributed by atoms with Gasteiger partial charge in [-0.05, 0) is 6.92 Å². The van der Waals surface area contributed by atoms with E-state index in [1.807, 2.05) is 14.1 Å². The summed E-state index contributed by atoms with van der Waals surface area (Å²) in [6.07, 6.45) is 0.